The van der Waals surface area contributed by atoms with Gasteiger partial charge in [-0.05, 0) is 55.5 Å². The molecule has 0 heterocycles. The number of benzene rings is 1. The summed E-state index contributed by atoms with van der Waals surface area (Å²) in [6.07, 6.45) is 0. The number of alkyl halides is 1. The predicted octanol–water partition coefficient (Wildman–Crippen LogP) is 3.32. The van der Waals surface area contributed by atoms with E-state index in [2.05, 4.69) is 5.32 Å². The third-order valence-electron chi connectivity index (χ3n) is 2.42. The Balaban J connectivity index is 3.14. The zero-order chi connectivity index (χ0) is 14.8. The number of halogens is 3. The van der Waals surface area contributed by atoms with Crippen molar-refractivity contribution < 1.29 is 9.50 Å². The van der Waals surface area contributed by atoms with E-state index in [1.54, 1.807) is 28.7 Å². The van der Waals surface area contributed by atoms with Gasteiger partial charge in [0.25, 0.3) is 0 Å². The number of hydrogen-bond acceptors (Lipinski definition) is 3. The summed E-state index contributed by atoms with van der Waals surface area (Å²) in [5.41, 5.74) is -0.381. The molecular weight excluding hydrogens is 382 g/mol. The van der Waals surface area contributed by atoms with E-state index in [-0.39, 0.29) is 28.2 Å². The van der Waals surface area contributed by atoms with E-state index in [0.717, 1.165) is 0 Å². The molecule has 2 N–H and O–H groups in total. The summed E-state index contributed by atoms with van der Waals surface area (Å²) in [5, 5.41) is 22.6. The van der Waals surface area contributed by atoms with Gasteiger partial charge in [0.2, 0.25) is 0 Å². The fourth-order valence-electron chi connectivity index (χ4n) is 1.43. The molecule has 0 radical (unpaired) electrons. The SMILES string of the molecule is CC(C)(C)NCC(O)(I)c1cc(Cl)cc(C#N)c1F. The van der Waals surface area contributed by atoms with Crippen LogP contribution in [0.5, 0.6) is 0 Å². The van der Waals surface area contributed by atoms with Crippen molar-refractivity contribution in [2.75, 3.05) is 6.54 Å². The lowest BCUT2D eigenvalue weighted by Crippen LogP contribution is -2.43. The van der Waals surface area contributed by atoms with Gasteiger partial charge >= 0.3 is 0 Å². The second kappa shape index (κ2) is 5.92. The maximum absolute atomic E-state index is 14.1. The molecule has 0 aromatic heterocycles. The largest absolute Gasteiger partial charge is 0.374 e. The molecule has 1 aromatic carbocycles. The molecule has 0 aliphatic rings. The van der Waals surface area contributed by atoms with Crippen LogP contribution < -0.4 is 5.32 Å². The first-order valence-corrected chi connectivity index (χ1v) is 7.08. The lowest BCUT2D eigenvalue weighted by atomic mass is 10.0. The Kier molecular flexibility index (Phi) is 5.18. The minimum Gasteiger partial charge on any atom is -0.374 e. The van der Waals surface area contributed by atoms with Gasteiger partial charge in [-0.2, -0.15) is 5.26 Å². The van der Waals surface area contributed by atoms with Crippen LogP contribution in [0.15, 0.2) is 12.1 Å². The molecule has 0 fully saturated rings. The van der Waals surface area contributed by atoms with Gasteiger partial charge in [-0.15, -0.1) is 0 Å². The van der Waals surface area contributed by atoms with E-state index < -0.39 is 9.43 Å². The maximum Gasteiger partial charge on any atom is 0.156 e. The fraction of sp³-hybridized carbons (Fsp3) is 0.462. The number of nitrogens with one attached hydrogen (secondary N) is 1. The van der Waals surface area contributed by atoms with Crippen LogP contribution in [0.3, 0.4) is 0 Å². The molecule has 3 nitrogen and oxygen atoms in total. The Morgan fingerprint density at radius 1 is 1.47 bits per heavy atom. The highest BCUT2D eigenvalue weighted by Gasteiger charge is 2.31. The topological polar surface area (TPSA) is 56.0 Å². The van der Waals surface area contributed by atoms with Gasteiger partial charge in [0.05, 0.1) is 5.56 Å². The molecule has 0 spiro atoms. The third kappa shape index (κ3) is 4.56. The Morgan fingerprint density at radius 2 is 2.05 bits per heavy atom. The number of nitrogens with zero attached hydrogens (tertiary/aromatic N) is 1. The van der Waals surface area contributed by atoms with Crippen molar-refractivity contribution in [1.29, 1.82) is 5.26 Å². The minimum atomic E-state index is -1.48. The van der Waals surface area contributed by atoms with Crippen molar-refractivity contribution in [3.63, 3.8) is 0 Å². The van der Waals surface area contributed by atoms with Gasteiger partial charge in [0.15, 0.2) is 3.61 Å². The van der Waals surface area contributed by atoms with E-state index in [1.165, 1.54) is 12.1 Å². The van der Waals surface area contributed by atoms with Crippen molar-refractivity contribution >= 4 is 34.2 Å². The predicted molar refractivity (Wildman–Crippen MR) is 81.8 cm³/mol. The maximum atomic E-state index is 14.1. The summed E-state index contributed by atoms with van der Waals surface area (Å²) >= 11 is 7.59. The average molecular weight is 397 g/mol. The first-order valence-electron chi connectivity index (χ1n) is 5.63. The lowest BCUT2D eigenvalue weighted by molar-refractivity contribution is 0.140. The minimum absolute atomic E-state index is 0.00824. The van der Waals surface area contributed by atoms with Crippen molar-refractivity contribution in [2.45, 2.75) is 29.9 Å². The van der Waals surface area contributed by atoms with Crippen LogP contribution in [-0.2, 0) is 3.61 Å². The van der Waals surface area contributed by atoms with E-state index >= 15 is 0 Å². The fourth-order valence-corrected chi connectivity index (χ4v) is 2.23. The van der Waals surface area contributed by atoms with E-state index in [1.807, 2.05) is 20.8 Å². The Morgan fingerprint density at radius 3 is 2.53 bits per heavy atom. The van der Waals surface area contributed by atoms with Crippen molar-refractivity contribution in [3.05, 3.63) is 34.1 Å². The molecule has 0 aliphatic carbocycles. The van der Waals surface area contributed by atoms with Gasteiger partial charge in [0.1, 0.15) is 11.9 Å². The molecular formula is C13H15ClFIN2O. The van der Waals surface area contributed by atoms with E-state index in [4.69, 9.17) is 16.9 Å². The van der Waals surface area contributed by atoms with Gasteiger partial charge in [-0.1, -0.05) is 11.6 Å². The van der Waals surface area contributed by atoms with Crippen LogP contribution in [0.25, 0.3) is 0 Å². The van der Waals surface area contributed by atoms with E-state index in [9.17, 15) is 9.50 Å². The molecule has 0 aliphatic heterocycles. The van der Waals surface area contributed by atoms with Crippen molar-refractivity contribution in [1.82, 2.24) is 5.32 Å². The smallest absolute Gasteiger partial charge is 0.156 e. The summed E-state index contributed by atoms with van der Waals surface area (Å²) in [4.78, 5) is 0. The van der Waals surface area contributed by atoms with Crippen LogP contribution in [0.4, 0.5) is 4.39 Å². The zero-order valence-corrected chi connectivity index (χ0v) is 13.8. The molecule has 104 valence electrons. The second-order valence-corrected chi connectivity index (χ2v) is 7.51. The van der Waals surface area contributed by atoms with Crippen molar-refractivity contribution in [3.8, 4) is 6.07 Å². The Labute approximate surface area is 130 Å². The van der Waals surface area contributed by atoms with E-state index in [0.29, 0.717) is 0 Å². The highest BCUT2D eigenvalue weighted by Crippen LogP contribution is 2.34. The molecule has 0 saturated carbocycles. The lowest BCUT2D eigenvalue weighted by Gasteiger charge is -2.29. The Hall–Kier alpha value is -0.420. The monoisotopic (exact) mass is 396 g/mol. The molecule has 0 saturated heterocycles. The molecule has 1 aromatic rings. The third-order valence-corrected chi connectivity index (χ3v) is 3.60. The molecule has 1 unspecified atom stereocenters. The summed E-state index contributed by atoms with van der Waals surface area (Å²) in [6.45, 7) is 5.96. The normalized spacial score (nSPS) is 14.8. The summed E-state index contributed by atoms with van der Waals surface area (Å²) in [6, 6.07) is 4.31. The van der Waals surface area contributed by atoms with Gasteiger partial charge in [-0.25, -0.2) is 4.39 Å². The zero-order valence-electron chi connectivity index (χ0n) is 10.9. The first kappa shape index (κ1) is 16.6. The summed E-state index contributed by atoms with van der Waals surface area (Å²) < 4.78 is 12.6. The number of nitriles is 1. The van der Waals surface area contributed by atoms with Gasteiger partial charge < -0.3 is 10.4 Å². The first-order chi connectivity index (χ1) is 8.57. The van der Waals surface area contributed by atoms with Crippen LogP contribution >= 0.6 is 34.2 Å². The molecule has 6 heteroatoms. The quantitative estimate of drug-likeness (QED) is 0.609. The highest BCUT2D eigenvalue weighted by molar-refractivity contribution is 14.1. The standard InChI is InChI=1S/C13H15ClFIN2O/c1-12(2,3)18-7-13(16,19)10-5-9(14)4-8(6-17)11(10)15/h4-5,18-19H,7H2,1-3H3. The number of aliphatic hydroxyl groups is 1. The Bertz CT molecular complexity index is 521. The highest BCUT2D eigenvalue weighted by atomic mass is 127. The number of rotatable bonds is 3. The van der Waals surface area contributed by atoms with Crippen LogP contribution in [-0.4, -0.2) is 17.2 Å². The van der Waals surface area contributed by atoms with Crippen LogP contribution in [0, 0.1) is 17.1 Å². The molecule has 1 atom stereocenters. The number of β-amino-alcohol motifs (C(OH)–C–C–N with tert-alkyl or cyclic N) is 1. The molecule has 1 rings (SSSR count). The second-order valence-electron chi connectivity index (χ2n) is 5.29. The van der Waals surface area contributed by atoms with Crippen molar-refractivity contribution in [2.24, 2.45) is 0 Å². The molecule has 19 heavy (non-hydrogen) atoms. The average Bonchev–Trinajstić information content (AvgIpc) is 2.28. The molecule has 0 bridgehead atoms. The molecule has 0 amide bonds. The van der Waals surface area contributed by atoms with Crippen LogP contribution in [0.1, 0.15) is 31.9 Å². The summed E-state index contributed by atoms with van der Waals surface area (Å²) in [5.74, 6) is -0.737. The summed E-state index contributed by atoms with van der Waals surface area (Å²) in [7, 11) is 0. The van der Waals surface area contributed by atoms with Crippen LogP contribution in [0.2, 0.25) is 5.02 Å². The van der Waals surface area contributed by atoms with Gasteiger partial charge in [-0.3, -0.25) is 0 Å². The van der Waals surface area contributed by atoms with Gasteiger partial charge in [0, 0.05) is 22.7 Å². The number of hydrogen-bond donors (Lipinski definition) is 2.